The molecule has 0 saturated carbocycles. The average Bonchev–Trinajstić information content (AvgIpc) is 2.34. The van der Waals surface area contributed by atoms with Crippen LogP contribution in [0.4, 0.5) is 0 Å². The lowest BCUT2D eigenvalue weighted by Crippen LogP contribution is -2.05. The normalized spacial score (nSPS) is 11.7. The van der Waals surface area contributed by atoms with Crippen LogP contribution in [-0.4, -0.2) is 31.8 Å². The van der Waals surface area contributed by atoms with Crippen LogP contribution in [0.25, 0.3) is 11.0 Å². The number of nitrogens with zero attached hydrogens (tertiary/aromatic N) is 2. The Labute approximate surface area is 105 Å². The number of methoxy groups -OCH3 is 1. The molecule has 2 aromatic rings. The van der Waals surface area contributed by atoms with Crippen LogP contribution in [0.2, 0.25) is 0 Å². The van der Waals surface area contributed by atoms with Gasteiger partial charge in [0.1, 0.15) is 5.75 Å². The fourth-order valence-corrected chi connectivity index (χ4v) is 1.89. The number of fused-ring (bicyclic) bond motifs is 1. The smallest absolute Gasteiger partial charge is 0.264 e. The second kappa shape index (κ2) is 4.87. The Kier molecular flexibility index (Phi) is 3.44. The van der Waals surface area contributed by atoms with Crippen molar-refractivity contribution >= 4 is 21.2 Å². The number of hydrogen-bond acceptors (Lipinski definition) is 6. The molecule has 96 valence electrons. The molecule has 0 fully saturated rings. The van der Waals surface area contributed by atoms with Crippen molar-refractivity contribution in [2.75, 3.05) is 13.4 Å². The number of hydrogen-bond donors (Lipinski definition) is 0. The van der Waals surface area contributed by atoms with Crippen LogP contribution < -0.4 is 4.74 Å². The molecule has 0 aromatic carbocycles. The minimum Gasteiger partial charge on any atom is -0.495 e. The van der Waals surface area contributed by atoms with Crippen LogP contribution >= 0.6 is 0 Å². The summed E-state index contributed by atoms with van der Waals surface area (Å²) in [6.45, 7) is -0.104. The zero-order valence-corrected chi connectivity index (χ0v) is 10.8. The Morgan fingerprint density at radius 1 is 1.33 bits per heavy atom. The first-order chi connectivity index (χ1) is 8.51. The van der Waals surface area contributed by atoms with E-state index in [0.29, 0.717) is 22.3 Å². The molecular formula is C11H12N2O4S. The molecule has 0 spiro atoms. The third-order valence-corrected chi connectivity index (χ3v) is 2.90. The van der Waals surface area contributed by atoms with E-state index >= 15 is 0 Å². The Morgan fingerprint density at radius 3 is 2.78 bits per heavy atom. The minimum atomic E-state index is -3.51. The van der Waals surface area contributed by atoms with Crippen molar-refractivity contribution in [3.05, 3.63) is 30.1 Å². The highest BCUT2D eigenvalue weighted by atomic mass is 32.2. The summed E-state index contributed by atoms with van der Waals surface area (Å²) in [5.74, 6) is 0.471. The van der Waals surface area contributed by atoms with Gasteiger partial charge >= 0.3 is 0 Å². The second-order valence-electron chi connectivity index (χ2n) is 3.65. The molecule has 7 heteroatoms. The van der Waals surface area contributed by atoms with Gasteiger partial charge in [-0.25, -0.2) is 9.97 Å². The number of rotatable bonds is 4. The summed E-state index contributed by atoms with van der Waals surface area (Å²) in [5, 5.41) is 0.709. The topological polar surface area (TPSA) is 78.4 Å². The molecule has 0 aliphatic rings. The molecular weight excluding hydrogens is 256 g/mol. The molecule has 2 rings (SSSR count). The van der Waals surface area contributed by atoms with Gasteiger partial charge in [0.2, 0.25) is 0 Å². The van der Waals surface area contributed by atoms with E-state index in [9.17, 15) is 8.42 Å². The largest absolute Gasteiger partial charge is 0.495 e. The number of aromatic nitrogens is 2. The molecule has 6 nitrogen and oxygen atoms in total. The van der Waals surface area contributed by atoms with Gasteiger partial charge in [-0.3, -0.25) is 4.18 Å². The molecule has 0 unspecified atom stereocenters. The molecule has 0 atom stereocenters. The molecule has 0 amide bonds. The lowest BCUT2D eigenvalue weighted by atomic mass is 10.1. The first kappa shape index (κ1) is 12.7. The van der Waals surface area contributed by atoms with E-state index in [0.717, 1.165) is 6.26 Å². The van der Waals surface area contributed by atoms with Crippen molar-refractivity contribution in [2.45, 2.75) is 6.61 Å². The van der Waals surface area contributed by atoms with Crippen molar-refractivity contribution in [2.24, 2.45) is 0 Å². The van der Waals surface area contributed by atoms with Gasteiger partial charge in [-0.15, -0.1) is 0 Å². The lowest BCUT2D eigenvalue weighted by molar-refractivity contribution is 0.304. The maximum absolute atomic E-state index is 11.0. The SMILES string of the molecule is COc1cnc2ncccc2c1COS(C)(=O)=O. The Hall–Kier alpha value is -1.73. The first-order valence-corrected chi connectivity index (χ1v) is 6.94. The van der Waals surface area contributed by atoms with E-state index in [2.05, 4.69) is 9.97 Å². The second-order valence-corrected chi connectivity index (χ2v) is 5.29. The Bertz CT molecular complexity index is 670. The van der Waals surface area contributed by atoms with Crippen LogP contribution in [0.1, 0.15) is 5.56 Å². The molecule has 0 aliphatic heterocycles. The van der Waals surface area contributed by atoms with E-state index in [4.69, 9.17) is 8.92 Å². The molecule has 0 radical (unpaired) electrons. The van der Waals surface area contributed by atoms with E-state index in [-0.39, 0.29) is 6.61 Å². The summed E-state index contributed by atoms with van der Waals surface area (Å²) in [5.41, 5.74) is 1.13. The van der Waals surface area contributed by atoms with Gasteiger partial charge in [0.15, 0.2) is 5.65 Å². The third kappa shape index (κ3) is 2.74. The van der Waals surface area contributed by atoms with E-state index in [1.54, 1.807) is 18.3 Å². The van der Waals surface area contributed by atoms with Crippen LogP contribution in [-0.2, 0) is 20.9 Å². The van der Waals surface area contributed by atoms with Gasteiger partial charge in [-0.2, -0.15) is 8.42 Å². The monoisotopic (exact) mass is 268 g/mol. The van der Waals surface area contributed by atoms with E-state index < -0.39 is 10.1 Å². The summed E-state index contributed by atoms with van der Waals surface area (Å²) < 4.78 is 32.0. The quantitative estimate of drug-likeness (QED) is 0.773. The van der Waals surface area contributed by atoms with Crippen molar-refractivity contribution in [1.82, 2.24) is 9.97 Å². The van der Waals surface area contributed by atoms with Gasteiger partial charge in [0, 0.05) is 17.1 Å². The minimum absolute atomic E-state index is 0.104. The van der Waals surface area contributed by atoms with E-state index in [1.165, 1.54) is 13.3 Å². The van der Waals surface area contributed by atoms with Crippen LogP contribution in [0, 0.1) is 0 Å². The first-order valence-electron chi connectivity index (χ1n) is 5.12. The predicted molar refractivity (Wildman–Crippen MR) is 65.7 cm³/mol. The van der Waals surface area contributed by atoms with Gasteiger partial charge in [0.25, 0.3) is 10.1 Å². The maximum atomic E-state index is 11.0. The summed E-state index contributed by atoms with van der Waals surface area (Å²) in [6.07, 6.45) is 4.11. The number of pyridine rings is 2. The zero-order chi connectivity index (χ0) is 13.2. The fraction of sp³-hybridized carbons (Fsp3) is 0.273. The highest BCUT2D eigenvalue weighted by molar-refractivity contribution is 7.85. The molecule has 18 heavy (non-hydrogen) atoms. The highest BCUT2D eigenvalue weighted by Crippen LogP contribution is 2.25. The van der Waals surface area contributed by atoms with Crippen LogP contribution in [0.3, 0.4) is 0 Å². The van der Waals surface area contributed by atoms with E-state index in [1.807, 2.05) is 0 Å². The molecule has 2 heterocycles. The summed E-state index contributed by atoms with van der Waals surface area (Å²) in [7, 11) is -2.02. The van der Waals surface area contributed by atoms with Crippen molar-refractivity contribution in [3.63, 3.8) is 0 Å². The van der Waals surface area contributed by atoms with Crippen molar-refractivity contribution in [3.8, 4) is 5.75 Å². The van der Waals surface area contributed by atoms with Gasteiger partial charge in [-0.05, 0) is 12.1 Å². The van der Waals surface area contributed by atoms with Gasteiger partial charge in [-0.1, -0.05) is 0 Å². The molecule has 0 bridgehead atoms. The Morgan fingerprint density at radius 2 is 2.11 bits per heavy atom. The van der Waals surface area contributed by atoms with Crippen LogP contribution in [0.5, 0.6) is 5.75 Å². The molecule has 2 aromatic heterocycles. The third-order valence-electron chi connectivity index (χ3n) is 2.35. The van der Waals surface area contributed by atoms with Crippen molar-refractivity contribution < 1.29 is 17.3 Å². The lowest BCUT2D eigenvalue weighted by Gasteiger charge is -2.10. The van der Waals surface area contributed by atoms with Crippen molar-refractivity contribution in [1.29, 1.82) is 0 Å². The predicted octanol–water partition coefficient (Wildman–Crippen LogP) is 1.11. The molecule has 0 N–H and O–H groups in total. The Balaban J connectivity index is 2.51. The summed E-state index contributed by atoms with van der Waals surface area (Å²) in [4.78, 5) is 8.21. The highest BCUT2D eigenvalue weighted by Gasteiger charge is 2.12. The average molecular weight is 268 g/mol. The maximum Gasteiger partial charge on any atom is 0.264 e. The molecule has 0 saturated heterocycles. The van der Waals surface area contributed by atoms with Crippen LogP contribution in [0.15, 0.2) is 24.5 Å². The summed E-state index contributed by atoms with van der Waals surface area (Å²) in [6, 6.07) is 3.53. The standard InChI is InChI=1S/C11H12N2O4S/c1-16-10-6-13-11-8(4-3-5-12-11)9(10)7-17-18(2,14)15/h3-6H,7H2,1-2H3. The molecule has 0 aliphatic carbocycles. The van der Waals surface area contributed by atoms with Gasteiger partial charge in [0.05, 0.1) is 26.2 Å². The fourth-order valence-electron chi connectivity index (χ4n) is 1.56. The zero-order valence-electron chi connectivity index (χ0n) is 9.95. The van der Waals surface area contributed by atoms with Gasteiger partial charge < -0.3 is 4.74 Å². The number of ether oxygens (including phenoxy) is 1. The summed E-state index contributed by atoms with van der Waals surface area (Å²) >= 11 is 0.